The van der Waals surface area contributed by atoms with Gasteiger partial charge in [-0.15, -0.1) is 0 Å². The SMILES string of the molecule is COC(=O)C(Br)CN1CCC(=O)c2ccccc21. The van der Waals surface area contributed by atoms with E-state index in [1.54, 1.807) is 0 Å². The summed E-state index contributed by atoms with van der Waals surface area (Å²) in [6.07, 6.45) is 0.484. The number of carbonyl (C=O) groups excluding carboxylic acids is 2. The molecule has 1 aliphatic heterocycles. The number of fused-ring (bicyclic) bond motifs is 1. The summed E-state index contributed by atoms with van der Waals surface area (Å²) in [5.41, 5.74) is 1.62. The van der Waals surface area contributed by atoms with Gasteiger partial charge in [0.15, 0.2) is 5.78 Å². The lowest BCUT2D eigenvalue weighted by Crippen LogP contribution is -2.38. The first kappa shape index (κ1) is 13.1. The van der Waals surface area contributed by atoms with E-state index in [1.165, 1.54) is 7.11 Å². The Morgan fingerprint density at radius 3 is 2.94 bits per heavy atom. The third-order valence-electron chi connectivity index (χ3n) is 2.99. The molecule has 1 unspecified atom stereocenters. The van der Waals surface area contributed by atoms with Crippen LogP contribution in [0.25, 0.3) is 0 Å². The van der Waals surface area contributed by atoms with Crippen molar-refractivity contribution in [3.63, 3.8) is 0 Å². The molecule has 0 radical (unpaired) electrons. The first-order valence-electron chi connectivity index (χ1n) is 5.72. The summed E-state index contributed by atoms with van der Waals surface area (Å²) in [5.74, 6) is -0.143. The van der Waals surface area contributed by atoms with Crippen molar-refractivity contribution in [2.24, 2.45) is 0 Å². The minimum absolute atomic E-state index is 0.158. The van der Waals surface area contributed by atoms with E-state index in [-0.39, 0.29) is 16.6 Å². The smallest absolute Gasteiger partial charge is 0.321 e. The topological polar surface area (TPSA) is 46.6 Å². The molecular weight excluding hydrogens is 298 g/mol. The molecule has 1 aliphatic rings. The summed E-state index contributed by atoms with van der Waals surface area (Å²) in [6.45, 7) is 1.13. The number of methoxy groups -OCH3 is 1. The Morgan fingerprint density at radius 1 is 1.50 bits per heavy atom. The maximum absolute atomic E-state index is 11.8. The van der Waals surface area contributed by atoms with Crippen LogP contribution in [-0.2, 0) is 9.53 Å². The van der Waals surface area contributed by atoms with Crippen molar-refractivity contribution >= 4 is 33.4 Å². The molecule has 96 valence electrons. The van der Waals surface area contributed by atoms with E-state index in [0.29, 0.717) is 19.5 Å². The van der Waals surface area contributed by atoms with Gasteiger partial charge in [-0.3, -0.25) is 9.59 Å². The summed E-state index contributed by atoms with van der Waals surface area (Å²) in [4.78, 5) is 24.8. The zero-order chi connectivity index (χ0) is 13.1. The predicted octanol–water partition coefficient (Wildman–Crippen LogP) is 2.02. The largest absolute Gasteiger partial charge is 0.468 e. The monoisotopic (exact) mass is 311 g/mol. The lowest BCUT2D eigenvalue weighted by molar-refractivity contribution is -0.139. The Morgan fingerprint density at radius 2 is 2.22 bits per heavy atom. The maximum atomic E-state index is 11.8. The number of hydrogen-bond donors (Lipinski definition) is 0. The van der Waals surface area contributed by atoms with E-state index in [2.05, 4.69) is 20.7 Å². The number of hydrogen-bond acceptors (Lipinski definition) is 4. The summed E-state index contributed by atoms with van der Waals surface area (Å²) < 4.78 is 4.68. The third-order valence-corrected chi connectivity index (χ3v) is 3.65. The maximum Gasteiger partial charge on any atom is 0.321 e. The van der Waals surface area contributed by atoms with Crippen LogP contribution in [0.3, 0.4) is 0 Å². The highest BCUT2D eigenvalue weighted by Crippen LogP contribution is 2.27. The van der Waals surface area contributed by atoms with Gasteiger partial charge >= 0.3 is 5.97 Å². The second-order valence-corrected chi connectivity index (χ2v) is 5.23. The van der Waals surface area contributed by atoms with Crippen LogP contribution >= 0.6 is 15.9 Å². The van der Waals surface area contributed by atoms with E-state index >= 15 is 0 Å². The quantitative estimate of drug-likeness (QED) is 0.633. The molecule has 1 atom stereocenters. The Hall–Kier alpha value is -1.36. The van der Waals surface area contributed by atoms with Gasteiger partial charge < -0.3 is 9.64 Å². The van der Waals surface area contributed by atoms with Gasteiger partial charge in [0.2, 0.25) is 0 Å². The van der Waals surface area contributed by atoms with Crippen molar-refractivity contribution in [1.82, 2.24) is 0 Å². The van der Waals surface area contributed by atoms with Gasteiger partial charge in [-0.2, -0.15) is 0 Å². The first-order chi connectivity index (χ1) is 8.63. The Balaban J connectivity index is 2.19. The van der Waals surface area contributed by atoms with E-state index in [0.717, 1.165) is 11.3 Å². The van der Waals surface area contributed by atoms with Crippen molar-refractivity contribution in [2.75, 3.05) is 25.1 Å². The fourth-order valence-electron chi connectivity index (χ4n) is 2.06. The van der Waals surface area contributed by atoms with Gasteiger partial charge in [-0.05, 0) is 12.1 Å². The normalized spacial score (nSPS) is 16.1. The second-order valence-electron chi connectivity index (χ2n) is 4.13. The molecular formula is C13H14BrNO3. The number of esters is 1. The second kappa shape index (κ2) is 5.52. The van der Waals surface area contributed by atoms with Crippen LogP contribution in [0.2, 0.25) is 0 Å². The zero-order valence-electron chi connectivity index (χ0n) is 10.1. The van der Waals surface area contributed by atoms with Crippen LogP contribution in [-0.4, -0.2) is 36.8 Å². The predicted molar refractivity (Wildman–Crippen MR) is 72.3 cm³/mol. The standard InChI is InChI=1S/C13H14BrNO3/c1-18-13(17)10(14)8-15-7-6-12(16)9-4-2-3-5-11(9)15/h2-5,10H,6-8H2,1H3. The number of Topliss-reactive ketones (excluding diaryl/α,β-unsaturated/α-hetero) is 1. The molecule has 0 N–H and O–H groups in total. The number of halogens is 1. The number of ether oxygens (including phenoxy) is 1. The molecule has 2 rings (SSSR count). The average Bonchev–Trinajstić information content (AvgIpc) is 2.41. The van der Waals surface area contributed by atoms with Crippen molar-refractivity contribution in [1.29, 1.82) is 0 Å². The van der Waals surface area contributed by atoms with Crippen LogP contribution in [0.5, 0.6) is 0 Å². The van der Waals surface area contributed by atoms with Crippen LogP contribution in [0.4, 0.5) is 5.69 Å². The fraction of sp³-hybridized carbons (Fsp3) is 0.385. The van der Waals surface area contributed by atoms with Crippen LogP contribution < -0.4 is 4.90 Å². The number of carbonyl (C=O) groups is 2. The number of anilines is 1. The first-order valence-corrected chi connectivity index (χ1v) is 6.64. The fourth-order valence-corrected chi connectivity index (χ4v) is 2.60. The van der Waals surface area contributed by atoms with Crippen LogP contribution in [0.15, 0.2) is 24.3 Å². The highest BCUT2D eigenvalue weighted by Gasteiger charge is 2.26. The van der Waals surface area contributed by atoms with Gasteiger partial charge in [-0.25, -0.2) is 0 Å². The number of para-hydroxylation sites is 1. The Bertz CT molecular complexity index is 475. The highest BCUT2D eigenvalue weighted by molar-refractivity contribution is 9.10. The van der Waals surface area contributed by atoms with Gasteiger partial charge in [0.1, 0.15) is 4.83 Å². The lowest BCUT2D eigenvalue weighted by Gasteiger charge is -2.31. The van der Waals surface area contributed by atoms with E-state index in [1.807, 2.05) is 29.2 Å². The summed E-state index contributed by atoms with van der Waals surface area (Å²) in [6, 6.07) is 7.48. The molecule has 18 heavy (non-hydrogen) atoms. The van der Waals surface area contributed by atoms with Crippen LogP contribution in [0, 0.1) is 0 Å². The molecule has 0 aromatic heterocycles. The average molecular weight is 312 g/mol. The zero-order valence-corrected chi connectivity index (χ0v) is 11.6. The highest BCUT2D eigenvalue weighted by atomic mass is 79.9. The Labute approximate surface area is 114 Å². The minimum Gasteiger partial charge on any atom is -0.468 e. The van der Waals surface area contributed by atoms with E-state index in [4.69, 9.17) is 0 Å². The molecule has 0 amide bonds. The molecule has 0 saturated carbocycles. The van der Waals surface area contributed by atoms with Gasteiger partial charge in [0, 0.05) is 30.8 Å². The number of benzene rings is 1. The van der Waals surface area contributed by atoms with Gasteiger partial charge in [0.25, 0.3) is 0 Å². The molecule has 4 nitrogen and oxygen atoms in total. The summed E-state index contributed by atoms with van der Waals surface area (Å²) >= 11 is 3.30. The molecule has 0 aliphatic carbocycles. The molecule has 1 aromatic rings. The van der Waals surface area contributed by atoms with Crippen LogP contribution in [0.1, 0.15) is 16.8 Å². The summed E-state index contributed by atoms with van der Waals surface area (Å²) in [5, 5.41) is 0. The molecule has 5 heteroatoms. The number of nitrogens with zero attached hydrogens (tertiary/aromatic N) is 1. The summed E-state index contributed by atoms with van der Waals surface area (Å²) in [7, 11) is 1.37. The Kier molecular flexibility index (Phi) is 4.01. The molecule has 1 aromatic carbocycles. The van der Waals surface area contributed by atoms with Crippen molar-refractivity contribution < 1.29 is 14.3 Å². The van der Waals surface area contributed by atoms with Gasteiger partial charge in [0.05, 0.1) is 7.11 Å². The number of rotatable bonds is 3. The van der Waals surface area contributed by atoms with Crippen molar-refractivity contribution in [3.05, 3.63) is 29.8 Å². The molecule has 0 bridgehead atoms. The molecule has 1 heterocycles. The minimum atomic E-state index is -0.385. The molecule has 0 fully saturated rings. The lowest BCUT2D eigenvalue weighted by atomic mass is 10.0. The van der Waals surface area contributed by atoms with E-state index in [9.17, 15) is 9.59 Å². The van der Waals surface area contributed by atoms with Crippen molar-refractivity contribution in [2.45, 2.75) is 11.2 Å². The third kappa shape index (κ3) is 2.56. The molecule has 0 saturated heterocycles. The molecule has 0 spiro atoms. The van der Waals surface area contributed by atoms with E-state index < -0.39 is 0 Å². The van der Waals surface area contributed by atoms with Gasteiger partial charge in [-0.1, -0.05) is 28.1 Å². The number of alkyl halides is 1. The van der Waals surface area contributed by atoms with Crippen molar-refractivity contribution in [3.8, 4) is 0 Å². The number of ketones is 1.